The molecule has 0 spiro atoms. The molecule has 0 aliphatic carbocycles. The summed E-state index contributed by atoms with van der Waals surface area (Å²) in [5.41, 5.74) is 6.34. The Bertz CT molecular complexity index is 1550. The van der Waals surface area contributed by atoms with E-state index in [0.717, 1.165) is 22.3 Å². The van der Waals surface area contributed by atoms with Gasteiger partial charge in [0.25, 0.3) is 5.91 Å². The van der Waals surface area contributed by atoms with Crippen LogP contribution >= 0.6 is 0 Å². The van der Waals surface area contributed by atoms with Crippen LogP contribution < -0.4 is 16.0 Å². The summed E-state index contributed by atoms with van der Waals surface area (Å²) >= 11 is 0. The van der Waals surface area contributed by atoms with Crippen molar-refractivity contribution in [1.29, 1.82) is 5.26 Å². The van der Waals surface area contributed by atoms with Crippen molar-refractivity contribution in [2.75, 3.05) is 10.6 Å². The normalized spacial score (nSPS) is 12.4. The molecular formula is C29H26N6O2. The number of rotatable bonds is 4. The number of hydrogen-bond acceptors (Lipinski definition) is 4. The van der Waals surface area contributed by atoms with Gasteiger partial charge in [-0.2, -0.15) is 10.4 Å². The van der Waals surface area contributed by atoms with Gasteiger partial charge in [-0.05, 0) is 67.8 Å². The lowest BCUT2D eigenvalue weighted by molar-refractivity contribution is 0.0965. The standard InChI is InChI=1S/C29H26N6O2/c1-29(2,3)35-17-25(26(34-35)20-7-4-6-18(14-20)15-30)33-28(37)32-21-12-10-19(11-13-21)22-8-5-9-23-24(22)16-31-27(23)36/h4-14,17H,16H2,1-3H3,(H,31,36)(H2,32,33,37). The van der Waals surface area contributed by atoms with E-state index in [1.165, 1.54) is 0 Å². The molecule has 3 amide bonds. The number of amides is 3. The van der Waals surface area contributed by atoms with Gasteiger partial charge in [-0.15, -0.1) is 0 Å². The average Bonchev–Trinajstić information content (AvgIpc) is 3.48. The fourth-order valence-corrected chi connectivity index (χ4v) is 4.30. The SMILES string of the molecule is CC(C)(C)n1cc(NC(=O)Nc2ccc(-c3cccc4c3CNC4=O)cc2)c(-c2cccc(C#N)c2)n1. The lowest BCUT2D eigenvalue weighted by Crippen LogP contribution is -2.22. The number of aromatic nitrogens is 2. The summed E-state index contributed by atoms with van der Waals surface area (Å²) in [5.74, 6) is -0.0553. The number of fused-ring (bicyclic) bond motifs is 1. The maximum Gasteiger partial charge on any atom is 0.323 e. The van der Waals surface area contributed by atoms with Gasteiger partial charge in [-0.3, -0.25) is 9.48 Å². The number of nitrogens with one attached hydrogen (secondary N) is 3. The van der Waals surface area contributed by atoms with Gasteiger partial charge < -0.3 is 16.0 Å². The van der Waals surface area contributed by atoms with Gasteiger partial charge in [-0.1, -0.05) is 36.4 Å². The maximum atomic E-state index is 12.9. The molecule has 1 aliphatic rings. The second-order valence-electron chi connectivity index (χ2n) is 9.87. The molecule has 3 N–H and O–H groups in total. The van der Waals surface area contributed by atoms with E-state index in [4.69, 9.17) is 5.10 Å². The maximum absolute atomic E-state index is 12.9. The van der Waals surface area contributed by atoms with Crippen molar-refractivity contribution in [1.82, 2.24) is 15.1 Å². The van der Waals surface area contributed by atoms with Crippen LogP contribution in [0.15, 0.2) is 72.9 Å². The summed E-state index contributed by atoms with van der Waals surface area (Å²) in [6, 6.07) is 22.1. The molecule has 8 heteroatoms. The Labute approximate surface area is 214 Å². The van der Waals surface area contributed by atoms with Crippen LogP contribution in [-0.2, 0) is 12.1 Å². The molecule has 1 aliphatic heterocycles. The minimum atomic E-state index is -0.408. The molecule has 0 bridgehead atoms. The van der Waals surface area contributed by atoms with E-state index in [9.17, 15) is 14.9 Å². The Kier molecular flexibility index (Phi) is 5.98. The number of carbonyl (C=O) groups excluding carboxylic acids is 2. The highest BCUT2D eigenvalue weighted by atomic mass is 16.2. The quantitative estimate of drug-likeness (QED) is 0.339. The van der Waals surface area contributed by atoms with Crippen molar-refractivity contribution >= 4 is 23.3 Å². The van der Waals surface area contributed by atoms with Gasteiger partial charge >= 0.3 is 6.03 Å². The van der Waals surface area contributed by atoms with Crippen LogP contribution in [0, 0.1) is 11.3 Å². The van der Waals surface area contributed by atoms with Gasteiger partial charge in [0, 0.05) is 29.6 Å². The molecule has 0 radical (unpaired) electrons. The van der Waals surface area contributed by atoms with Crippen LogP contribution in [0.5, 0.6) is 0 Å². The molecule has 37 heavy (non-hydrogen) atoms. The van der Waals surface area contributed by atoms with Gasteiger partial charge in [-0.25, -0.2) is 4.79 Å². The molecule has 0 saturated carbocycles. The second-order valence-corrected chi connectivity index (χ2v) is 9.87. The predicted octanol–water partition coefficient (Wildman–Crippen LogP) is 5.73. The van der Waals surface area contributed by atoms with E-state index in [2.05, 4.69) is 22.0 Å². The molecule has 0 saturated heterocycles. The zero-order valence-corrected chi connectivity index (χ0v) is 20.8. The van der Waals surface area contributed by atoms with E-state index in [-0.39, 0.29) is 11.4 Å². The summed E-state index contributed by atoms with van der Waals surface area (Å²) in [5, 5.41) is 22.6. The first kappa shape index (κ1) is 23.8. The molecule has 0 fully saturated rings. The number of urea groups is 1. The minimum absolute atomic E-state index is 0.0553. The van der Waals surface area contributed by atoms with Crippen molar-refractivity contribution in [2.45, 2.75) is 32.9 Å². The first-order valence-electron chi connectivity index (χ1n) is 11.9. The fraction of sp³-hybridized carbons (Fsp3) is 0.172. The van der Waals surface area contributed by atoms with Crippen LogP contribution in [0.1, 0.15) is 42.3 Å². The van der Waals surface area contributed by atoms with E-state index in [1.54, 1.807) is 29.1 Å². The fourth-order valence-electron chi connectivity index (χ4n) is 4.30. The monoisotopic (exact) mass is 490 g/mol. The third-order valence-corrected chi connectivity index (χ3v) is 6.21. The highest BCUT2D eigenvalue weighted by molar-refractivity contribution is 6.02. The van der Waals surface area contributed by atoms with E-state index < -0.39 is 6.03 Å². The average molecular weight is 491 g/mol. The molecule has 184 valence electrons. The summed E-state index contributed by atoms with van der Waals surface area (Å²) in [7, 11) is 0. The Hall–Kier alpha value is -4.90. The van der Waals surface area contributed by atoms with Crippen molar-refractivity contribution in [3.63, 3.8) is 0 Å². The molecule has 0 atom stereocenters. The van der Waals surface area contributed by atoms with Gasteiger partial charge in [0.2, 0.25) is 0 Å². The number of nitriles is 1. The number of hydrogen-bond donors (Lipinski definition) is 3. The number of anilines is 2. The summed E-state index contributed by atoms with van der Waals surface area (Å²) in [6.45, 7) is 6.58. The van der Waals surface area contributed by atoms with Gasteiger partial charge in [0.1, 0.15) is 5.69 Å². The minimum Gasteiger partial charge on any atom is -0.348 e. The number of benzene rings is 3. The third kappa shape index (κ3) is 4.80. The molecule has 1 aromatic heterocycles. The zero-order chi connectivity index (χ0) is 26.2. The van der Waals surface area contributed by atoms with Crippen LogP contribution in [0.2, 0.25) is 0 Å². The summed E-state index contributed by atoms with van der Waals surface area (Å²) in [4.78, 5) is 24.9. The predicted molar refractivity (Wildman–Crippen MR) is 143 cm³/mol. The molecule has 4 aromatic rings. The molecular weight excluding hydrogens is 464 g/mol. The topological polar surface area (TPSA) is 112 Å². The molecule has 0 unspecified atom stereocenters. The molecule has 8 nitrogen and oxygen atoms in total. The van der Waals surface area contributed by atoms with Crippen LogP contribution in [0.25, 0.3) is 22.4 Å². The van der Waals surface area contributed by atoms with Crippen LogP contribution in [-0.4, -0.2) is 21.7 Å². The number of nitrogens with zero attached hydrogens (tertiary/aromatic N) is 3. The van der Waals surface area contributed by atoms with E-state index in [1.807, 2.05) is 69.3 Å². The van der Waals surface area contributed by atoms with E-state index in [0.29, 0.717) is 34.7 Å². The van der Waals surface area contributed by atoms with Crippen molar-refractivity contribution in [3.05, 3.63) is 89.6 Å². The van der Waals surface area contributed by atoms with Crippen LogP contribution in [0.4, 0.5) is 16.2 Å². The third-order valence-electron chi connectivity index (χ3n) is 6.21. The lowest BCUT2D eigenvalue weighted by Gasteiger charge is -2.18. The highest BCUT2D eigenvalue weighted by Crippen LogP contribution is 2.31. The first-order chi connectivity index (χ1) is 17.7. The Morgan fingerprint density at radius 3 is 2.46 bits per heavy atom. The first-order valence-corrected chi connectivity index (χ1v) is 11.9. The highest BCUT2D eigenvalue weighted by Gasteiger charge is 2.22. The largest absolute Gasteiger partial charge is 0.348 e. The zero-order valence-electron chi connectivity index (χ0n) is 20.8. The summed E-state index contributed by atoms with van der Waals surface area (Å²) < 4.78 is 1.80. The Morgan fingerprint density at radius 2 is 1.73 bits per heavy atom. The van der Waals surface area contributed by atoms with Crippen molar-refractivity contribution in [3.8, 4) is 28.5 Å². The van der Waals surface area contributed by atoms with Crippen molar-refractivity contribution in [2.24, 2.45) is 0 Å². The van der Waals surface area contributed by atoms with Crippen molar-refractivity contribution < 1.29 is 9.59 Å². The lowest BCUT2D eigenvalue weighted by atomic mass is 9.97. The molecule has 3 aromatic carbocycles. The second kappa shape index (κ2) is 9.28. The van der Waals surface area contributed by atoms with Gasteiger partial charge in [0.05, 0.1) is 22.9 Å². The summed E-state index contributed by atoms with van der Waals surface area (Å²) in [6.07, 6.45) is 1.79. The Morgan fingerprint density at radius 1 is 1.00 bits per heavy atom. The Balaban J connectivity index is 1.36. The van der Waals surface area contributed by atoms with Gasteiger partial charge in [0.15, 0.2) is 0 Å². The molecule has 2 heterocycles. The number of carbonyl (C=O) groups is 2. The van der Waals surface area contributed by atoms with Crippen LogP contribution in [0.3, 0.4) is 0 Å². The smallest absolute Gasteiger partial charge is 0.323 e. The van der Waals surface area contributed by atoms with E-state index >= 15 is 0 Å². The molecule has 5 rings (SSSR count).